The van der Waals surface area contributed by atoms with Crippen molar-refractivity contribution in [3.8, 4) is 0 Å². The summed E-state index contributed by atoms with van der Waals surface area (Å²) in [5.41, 5.74) is 0.370. The van der Waals surface area contributed by atoms with Crippen molar-refractivity contribution in [3.05, 3.63) is 26.9 Å². The van der Waals surface area contributed by atoms with Crippen LogP contribution in [0.1, 0.15) is 10.4 Å². The summed E-state index contributed by atoms with van der Waals surface area (Å²) in [6.45, 7) is 0. The lowest BCUT2D eigenvalue weighted by atomic mass is 10.3. The molecule has 0 atom stereocenters. The number of hydrogen-bond donors (Lipinski definition) is 0. The molecule has 0 bridgehead atoms. The molecular formula is C6H2Br2ClNO. The van der Waals surface area contributed by atoms with Crippen molar-refractivity contribution < 1.29 is 4.79 Å². The maximum absolute atomic E-state index is 10.7. The lowest BCUT2D eigenvalue weighted by molar-refractivity contribution is 0.108. The van der Waals surface area contributed by atoms with Crippen molar-refractivity contribution in [1.82, 2.24) is 4.98 Å². The number of rotatable bonds is 1. The van der Waals surface area contributed by atoms with Crippen molar-refractivity contribution in [2.75, 3.05) is 0 Å². The first-order valence-corrected chi connectivity index (χ1v) is 4.58. The van der Waals surface area contributed by atoms with Gasteiger partial charge in [0.2, 0.25) is 0 Å². The number of hydrogen-bond acceptors (Lipinski definition) is 2. The molecule has 0 radical (unpaired) electrons. The summed E-state index contributed by atoms with van der Waals surface area (Å²) in [5.74, 6) is 0. The molecule has 0 saturated carbocycles. The van der Waals surface area contributed by atoms with Gasteiger partial charge in [0.25, 0.3) is 5.24 Å². The third-order valence-corrected chi connectivity index (χ3v) is 2.33. The van der Waals surface area contributed by atoms with Gasteiger partial charge in [0.05, 0.1) is 5.56 Å². The van der Waals surface area contributed by atoms with E-state index in [1.807, 2.05) is 0 Å². The van der Waals surface area contributed by atoms with Crippen LogP contribution in [0.3, 0.4) is 0 Å². The average molecular weight is 299 g/mol. The second-order valence-corrected chi connectivity index (χ2v) is 3.77. The van der Waals surface area contributed by atoms with Crippen LogP contribution < -0.4 is 0 Å². The van der Waals surface area contributed by atoms with Crippen molar-refractivity contribution >= 4 is 48.7 Å². The van der Waals surface area contributed by atoms with Gasteiger partial charge in [-0.05, 0) is 49.5 Å². The Labute approximate surface area is 85.2 Å². The van der Waals surface area contributed by atoms with E-state index >= 15 is 0 Å². The van der Waals surface area contributed by atoms with E-state index in [0.717, 1.165) is 0 Å². The molecule has 1 aromatic heterocycles. The third-order valence-electron chi connectivity index (χ3n) is 1.03. The quantitative estimate of drug-likeness (QED) is 0.589. The van der Waals surface area contributed by atoms with E-state index in [4.69, 9.17) is 11.6 Å². The summed E-state index contributed by atoms with van der Waals surface area (Å²) in [6.07, 6.45) is 1.41. The molecule has 0 aliphatic rings. The van der Waals surface area contributed by atoms with Gasteiger partial charge in [0, 0.05) is 10.7 Å². The average Bonchev–Trinajstić information content (AvgIpc) is 1.85. The predicted molar refractivity (Wildman–Crippen MR) is 49.8 cm³/mol. The van der Waals surface area contributed by atoms with Crippen LogP contribution in [-0.2, 0) is 0 Å². The topological polar surface area (TPSA) is 30.0 Å². The summed E-state index contributed by atoms with van der Waals surface area (Å²) in [6, 6.07) is 1.66. The number of carbonyl (C=O) groups is 1. The molecule has 1 heterocycles. The predicted octanol–water partition coefficient (Wildman–Crippen LogP) is 2.99. The number of pyridine rings is 1. The van der Waals surface area contributed by atoms with Crippen molar-refractivity contribution in [1.29, 1.82) is 0 Å². The molecule has 0 aromatic carbocycles. The molecule has 0 unspecified atom stereocenters. The van der Waals surface area contributed by atoms with E-state index in [9.17, 15) is 4.79 Å². The summed E-state index contributed by atoms with van der Waals surface area (Å²) in [5, 5.41) is -0.517. The SMILES string of the molecule is O=C(Cl)c1cnc(Br)cc1Br. The maximum atomic E-state index is 10.7. The van der Waals surface area contributed by atoms with Gasteiger partial charge in [-0.3, -0.25) is 4.79 Å². The molecule has 5 heteroatoms. The van der Waals surface area contributed by atoms with Crippen LogP contribution in [0.4, 0.5) is 0 Å². The zero-order valence-electron chi connectivity index (χ0n) is 5.14. The van der Waals surface area contributed by atoms with Crippen molar-refractivity contribution in [2.45, 2.75) is 0 Å². The molecule has 0 N–H and O–H groups in total. The minimum atomic E-state index is -0.517. The van der Waals surface area contributed by atoms with Gasteiger partial charge >= 0.3 is 0 Å². The van der Waals surface area contributed by atoms with Gasteiger partial charge in [-0.25, -0.2) is 4.98 Å². The summed E-state index contributed by atoms with van der Waals surface area (Å²) in [7, 11) is 0. The fourth-order valence-electron chi connectivity index (χ4n) is 0.552. The van der Waals surface area contributed by atoms with Crippen LogP contribution in [-0.4, -0.2) is 10.2 Å². The molecule has 0 spiro atoms. The van der Waals surface area contributed by atoms with Crippen LogP contribution in [0.5, 0.6) is 0 Å². The number of carbonyl (C=O) groups excluding carboxylic acids is 1. The van der Waals surface area contributed by atoms with Crippen LogP contribution in [0.2, 0.25) is 0 Å². The van der Waals surface area contributed by atoms with Crippen molar-refractivity contribution in [3.63, 3.8) is 0 Å². The summed E-state index contributed by atoms with van der Waals surface area (Å²) in [4.78, 5) is 14.5. The molecule has 1 aromatic rings. The molecule has 1 rings (SSSR count). The minimum Gasteiger partial charge on any atom is -0.276 e. The third kappa shape index (κ3) is 2.25. The van der Waals surface area contributed by atoms with Gasteiger partial charge < -0.3 is 0 Å². The lowest BCUT2D eigenvalue weighted by Crippen LogP contribution is -1.91. The Hall–Kier alpha value is 0.0700. The van der Waals surface area contributed by atoms with E-state index in [1.165, 1.54) is 6.20 Å². The highest BCUT2D eigenvalue weighted by Gasteiger charge is 2.07. The first kappa shape index (κ1) is 9.16. The highest BCUT2D eigenvalue weighted by atomic mass is 79.9. The monoisotopic (exact) mass is 297 g/mol. The maximum Gasteiger partial charge on any atom is 0.255 e. The second kappa shape index (κ2) is 3.65. The Morgan fingerprint density at radius 3 is 2.64 bits per heavy atom. The number of aromatic nitrogens is 1. The Kier molecular flexibility index (Phi) is 3.04. The van der Waals surface area contributed by atoms with Crippen LogP contribution in [0.15, 0.2) is 21.3 Å². The van der Waals surface area contributed by atoms with E-state index in [0.29, 0.717) is 14.6 Å². The molecule has 0 saturated heterocycles. The molecule has 0 fully saturated rings. The van der Waals surface area contributed by atoms with Gasteiger partial charge in [0.1, 0.15) is 4.60 Å². The first-order valence-electron chi connectivity index (χ1n) is 2.62. The summed E-state index contributed by atoms with van der Waals surface area (Å²) >= 11 is 11.6. The van der Waals surface area contributed by atoms with Gasteiger partial charge in [-0.2, -0.15) is 0 Å². The Morgan fingerprint density at radius 2 is 2.18 bits per heavy atom. The molecule has 11 heavy (non-hydrogen) atoms. The van der Waals surface area contributed by atoms with Gasteiger partial charge in [-0.1, -0.05) is 0 Å². The van der Waals surface area contributed by atoms with E-state index in [-0.39, 0.29) is 0 Å². The van der Waals surface area contributed by atoms with Crippen LogP contribution in [0.25, 0.3) is 0 Å². The zero-order chi connectivity index (χ0) is 8.43. The molecule has 0 aliphatic carbocycles. The zero-order valence-corrected chi connectivity index (χ0v) is 9.07. The second-order valence-electron chi connectivity index (χ2n) is 1.76. The fraction of sp³-hybridized carbons (Fsp3) is 0. The van der Waals surface area contributed by atoms with Crippen LogP contribution in [0, 0.1) is 0 Å². The fourth-order valence-corrected chi connectivity index (χ4v) is 1.95. The summed E-state index contributed by atoms with van der Waals surface area (Å²) < 4.78 is 1.30. The Bertz CT molecular complexity index is 303. The largest absolute Gasteiger partial charge is 0.276 e. The minimum absolute atomic E-state index is 0.370. The smallest absolute Gasteiger partial charge is 0.255 e. The normalized spacial score (nSPS) is 9.73. The lowest BCUT2D eigenvalue weighted by Gasteiger charge is -1.96. The molecular weight excluding hydrogens is 297 g/mol. The van der Waals surface area contributed by atoms with Crippen molar-refractivity contribution in [2.24, 2.45) is 0 Å². The molecule has 2 nitrogen and oxygen atoms in total. The van der Waals surface area contributed by atoms with E-state index in [1.54, 1.807) is 6.07 Å². The number of nitrogens with zero attached hydrogens (tertiary/aromatic N) is 1. The highest BCUT2D eigenvalue weighted by Crippen LogP contribution is 2.20. The van der Waals surface area contributed by atoms with Gasteiger partial charge in [0.15, 0.2) is 0 Å². The number of halogens is 3. The molecule has 0 amide bonds. The van der Waals surface area contributed by atoms with E-state index in [2.05, 4.69) is 36.8 Å². The first-order chi connectivity index (χ1) is 5.11. The van der Waals surface area contributed by atoms with Gasteiger partial charge in [-0.15, -0.1) is 0 Å². The van der Waals surface area contributed by atoms with E-state index < -0.39 is 5.24 Å². The highest BCUT2D eigenvalue weighted by molar-refractivity contribution is 9.11. The Morgan fingerprint density at radius 1 is 1.55 bits per heavy atom. The molecule has 58 valence electrons. The van der Waals surface area contributed by atoms with Crippen LogP contribution >= 0.6 is 43.5 Å². The Balaban J connectivity index is 3.20. The standard InChI is InChI=1S/C6H2Br2ClNO/c7-4-1-5(8)10-2-3(4)6(9)11/h1-2H. The molecule has 0 aliphatic heterocycles.